The summed E-state index contributed by atoms with van der Waals surface area (Å²) in [6.07, 6.45) is 5.52. The predicted octanol–water partition coefficient (Wildman–Crippen LogP) is 3.59. The van der Waals surface area contributed by atoms with Crippen molar-refractivity contribution in [1.82, 2.24) is 5.32 Å². The molecule has 1 nitrogen and oxygen atoms in total. The summed E-state index contributed by atoms with van der Waals surface area (Å²) in [4.78, 5) is 0. The average molecular weight is 229 g/mol. The predicted molar refractivity (Wildman–Crippen MR) is 72.5 cm³/mol. The molecule has 2 aliphatic carbocycles. The second-order valence-electron chi connectivity index (χ2n) is 6.21. The molecule has 0 unspecified atom stereocenters. The van der Waals surface area contributed by atoms with Crippen LogP contribution in [0.2, 0.25) is 0 Å². The smallest absolute Gasteiger partial charge is 0.00785 e. The van der Waals surface area contributed by atoms with Crippen molar-refractivity contribution in [2.75, 3.05) is 6.54 Å². The summed E-state index contributed by atoms with van der Waals surface area (Å²) in [5, 5.41) is 3.70. The van der Waals surface area contributed by atoms with E-state index in [0.29, 0.717) is 11.3 Å². The molecule has 2 aliphatic rings. The molecule has 0 heterocycles. The molecule has 1 aromatic rings. The first-order valence-electron chi connectivity index (χ1n) is 7.03. The molecule has 2 saturated carbocycles. The van der Waals surface area contributed by atoms with Gasteiger partial charge in [0.2, 0.25) is 0 Å². The van der Waals surface area contributed by atoms with E-state index in [1.54, 1.807) is 5.56 Å². The van der Waals surface area contributed by atoms with Crippen LogP contribution in [-0.4, -0.2) is 12.6 Å². The molecule has 0 spiro atoms. The van der Waals surface area contributed by atoms with E-state index in [1.807, 2.05) is 0 Å². The third kappa shape index (κ3) is 2.40. The van der Waals surface area contributed by atoms with Crippen molar-refractivity contribution in [3.63, 3.8) is 0 Å². The molecule has 0 saturated heterocycles. The monoisotopic (exact) mass is 229 g/mol. The molecular weight excluding hydrogens is 206 g/mol. The topological polar surface area (TPSA) is 12.0 Å². The first-order chi connectivity index (χ1) is 8.20. The quantitative estimate of drug-likeness (QED) is 0.813. The van der Waals surface area contributed by atoms with Crippen molar-refractivity contribution < 1.29 is 0 Å². The van der Waals surface area contributed by atoms with Crippen LogP contribution in [0.15, 0.2) is 24.3 Å². The van der Waals surface area contributed by atoms with Gasteiger partial charge in [-0.1, -0.05) is 38.1 Å². The van der Waals surface area contributed by atoms with Crippen molar-refractivity contribution >= 4 is 0 Å². The van der Waals surface area contributed by atoms with E-state index in [-0.39, 0.29) is 0 Å². The van der Waals surface area contributed by atoms with Crippen LogP contribution >= 0.6 is 0 Å². The molecule has 0 bridgehead atoms. The maximum atomic E-state index is 3.70. The number of nitrogens with one attached hydrogen (secondary N) is 1. The highest BCUT2D eigenvalue weighted by atomic mass is 15.0. The fraction of sp³-hybridized carbons (Fsp3) is 0.625. The van der Waals surface area contributed by atoms with Gasteiger partial charge in [-0.25, -0.2) is 0 Å². The van der Waals surface area contributed by atoms with E-state index in [4.69, 9.17) is 0 Å². The highest BCUT2D eigenvalue weighted by Gasteiger charge is 2.44. The van der Waals surface area contributed by atoms with Crippen LogP contribution in [0.1, 0.15) is 56.6 Å². The molecule has 3 rings (SSSR count). The van der Waals surface area contributed by atoms with Crippen LogP contribution in [0.25, 0.3) is 0 Å². The first kappa shape index (κ1) is 11.3. The highest BCUT2D eigenvalue weighted by molar-refractivity contribution is 5.35. The van der Waals surface area contributed by atoms with Crippen LogP contribution in [0.4, 0.5) is 0 Å². The van der Waals surface area contributed by atoms with Gasteiger partial charge in [0, 0.05) is 18.0 Å². The summed E-state index contributed by atoms with van der Waals surface area (Å²) >= 11 is 0. The largest absolute Gasteiger partial charge is 0.313 e. The normalized spacial score (nSPS) is 21.8. The summed E-state index contributed by atoms with van der Waals surface area (Å²) in [7, 11) is 0. The molecular formula is C16H23N. The summed E-state index contributed by atoms with van der Waals surface area (Å²) in [5.74, 6) is 0.642. The Labute approximate surface area is 105 Å². The van der Waals surface area contributed by atoms with Crippen LogP contribution in [0.5, 0.6) is 0 Å². The van der Waals surface area contributed by atoms with Gasteiger partial charge in [-0.15, -0.1) is 0 Å². The lowest BCUT2D eigenvalue weighted by atomic mass is 9.93. The highest BCUT2D eigenvalue weighted by Crippen LogP contribution is 2.48. The van der Waals surface area contributed by atoms with Gasteiger partial charge in [0.05, 0.1) is 0 Å². The zero-order chi connectivity index (χ0) is 11.9. The number of hydrogen-bond acceptors (Lipinski definition) is 1. The second-order valence-corrected chi connectivity index (χ2v) is 6.21. The number of rotatable bonds is 5. The van der Waals surface area contributed by atoms with Crippen LogP contribution in [0.3, 0.4) is 0 Å². The van der Waals surface area contributed by atoms with Gasteiger partial charge in [-0.2, -0.15) is 0 Å². The van der Waals surface area contributed by atoms with E-state index in [9.17, 15) is 0 Å². The summed E-state index contributed by atoms with van der Waals surface area (Å²) in [6, 6.07) is 10.2. The van der Waals surface area contributed by atoms with E-state index in [1.165, 1.54) is 37.8 Å². The van der Waals surface area contributed by atoms with Gasteiger partial charge >= 0.3 is 0 Å². The molecule has 92 valence electrons. The minimum Gasteiger partial charge on any atom is -0.313 e. The van der Waals surface area contributed by atoms with Crippen molar-refractivity contribution in [1.29, 1.82) is 0 Å². The standard InChI is InChI=1S/C16H23N/c1-12(2)13-3-5-14(6-4-13)16(9-10-16)11-17-15-7-8-15/h3-6,12,15,17H,7-11H2,1-2H3. The molecule has 0 aromatic heterocycles. The zero-order valence-corrected chi connectivity index (χ0v) is 11.0. The summed E-state index contributed by atoms with van der Waals surface area (Å²) in [6.45, 7) is 5.71. The van der Waals surface area contributed by atoms with Crippen LogP contribution in [-0.2, 0) is 5.41 Å². The molecule has 0 aliphatic heterocycles. The third-order valence-electron chi connectivity index (χ3n) is 4.35. The molecule has 1 aromatic carbocycles. The number of benzene rings is 1. The van der Waals surface area contributed by atoms with Crippen molar-refractivity contribution in [2.24, 2.45) is 0 Å². The van der Waals surface area contributed by atoms with Gasteiger partial charge in [0.1, 0.15) is 0 Å². The summed E-state index contributed by atoms with van der Waals surface area (Å²) in [5.41, 5.74) is 3.49. The lowest BCUT2D eigenvalue weighted by Crippen LogP contribution is -2.28. The van der Waals surface area contributed by atoms with Gasteiger partial charge in [0.25, 0.3) is 0 Å². The summed E-state index contributed by atoms with van der Waals surface area (Å²) < 4.78 is 0. The Morgan fingerprint density at radius 3 is 2.29 bits per heavy atom. The fourth-order valence-electron chi connectivity index (χ4n) is 2.57. The molecule has 1 heteroatoms. The Kier molecular flexibility index (Phi) is 2.74. The Morgan fingerprint density at radius 2 is 1.82 bits per heavy atom. The van der Waals surface area contributed by atoms with Gasteiger partial charge in [-0.3, -0.25) is 0 Å². The zero-order valence-electron chi connectivity index (χ0n) is 11.0. The van der Waals surface area contributed by atoms with Crippen molar-refractivity contribution in [3.8, 4) is 0 Å². The van der Waals surface area contributed by atoms with Gasteiger partial charge in [-0.05, 0) is 42.7 Å². The molecule has 0 amide bonds. The third-order valence-corrected chi connectivity index (χ3v) is 4.35. The second kappa shape index (κ2) is 4.13. The average Bonchev–Trinajstić information content (AvgIpc) is 3.22. The van der Waals surface area contributed by atoms with E-state index >= 15 is 0 Å². The fourth-order valence-corrected chi connectivity index (χ4v) is 2.57. The van der Waals surface area contributed by atoms with Crippen LogP contribution in [0, 0.1) is 0 Å². The van der Waals surface area contributed by atoms with E-state index < -0.39 is 0 Å². The molecule has 2 fully saturated rings. The Morgan fingerprint density at radius 1 is 1.18 bits per heavy atom. The minimum atomic E-state index is 0.484. The Balaban J connectivity index is 1.69. The molecule has 17 heavy (non-hydrogen) atoms. The molecule has 0 radical (unpaired) electrons. The Bertz CT molecular complexity index is 382. The van der Waals surface area contributed by atoms with Gasteiger partial charge in [0.15, 0.2) is 0 Å². The van der Waals surface area contributed by atoms with E-state index in [0.717, 1.165) is 6.04 Å². The maximum Gasteiger partial charge on any atom is 0.00785 e. The van der Waals surface area contributed by atoms with Crippen molar-refractivity contribution in [3.05, 3.63) is 35.4 Å². The van der Waals surface area contributed by atoms with Crippen molar-refractivity contribution in [2.45, 2.75) is 56.9 Å². The lowest BCUT2D eigenvalue weighted by molar-refractivity contribution is 0.571. The SMILES string of the molecule is CC(C)c1ccc(C2(CNC3CC3)CC2)cc1. The number of hydrogen-bond donors (Lipinski definition) is 1. The lowest BCUT2D eigenvalue weighted by Gasteiger charge is -2.17. The molecule has 1 N–H and O–H groups in total. The maximum absolute atomic E-state index is 3.70. The van der Waals surface area contributed by atoms with Gasteiger partial charge < -0.3 is 5.32 Å². The van der Waals surface area contributed by atoms with E-state index in [2.05, 4.69) is 43.4 Å². The molecule has 0 atom stereocenters. The first-order valence-corrected chi connectivity index (χ1v) is 7.03. The Hall–Kier alpha value is -0.820. The minimum absolute atomic E-state index is 0.484. The van der Waals surface area contributed by atoms with Crippen LogP contribution < -0.4 is 5.32 Å².